The number of hydrogen-bond donors (Lipinski definition) is 2. The minimum absolute atomic E-state index is 0.112. The second kappa shape index (κ2) is 7.29. The summed E-state index contributed by atoms with van der Waals surface area (Å²) in [5, 5.41) is 9.55. The van der Waals surface area contributed by atoms with Crippen molar-refractivity contribution in [2.75, 3.05) is 27.4 Å². The summed E-state index contributed by atoms with van der Waals surface area (Å²) in [6.07, 6.45) is -1.08. The first-order valence-corrected chi connectivity index (χ1v) is 6.91. The molecule has 0 saturated heterocycles. The van der Waals surface area contributed by atoms with Crippen LogP contribution in [0.15, 0.2) is 24.3 Å². The van der Waals surface area contributed by atoms with Crippen LogP contribution in [0.25, 0.3) is 0 Å². The average Bonchev–Trinajstić information content (AvgIpc) is 2.43. The highest BCUT2D eigenvalue weighted by Crippen LogP contribution is 2.25. The Bertz CT molecular complexity index is 490. The number of aliphatic hydroxyl groups excluding tert-OH is 1. The van der Waals surface area contributed by atoms with Crippen LogP contribution in [0.2, 0.25) is 0 Å². The number of rotatable bonds is 8. The minimum Gasteiger partial charge on any atom is -0.493 e. The van der Waals surface area contributed by atoms with E-state index in [0.717, 1.165) is 0 Å². The van der Waals surface area contributed by atoms with Crippen LogP contribution in [0.5, 0.6) is 11.5 Å². The molecule has 1 unspecified atom stereocenters. The van der Waals surface area contributed by atoms with E-state index < -0.39 is 23.0 Å². The van der Waals surface area contributed by atoms with Crippen molar-refractivity contribution in [2.24, 2.45) is 0 Å². The molecule has 0 fully saturated rings. The molecular formula is C11H17NO6S. The molecule has 1 aromatic carbocycles. The van der Waals surface area contributed by atoms with Gasteiger partial charge < -0.3 is 14.6 Å². The van der Waals surface area contributed by atoms with Crippen LogP contribution in [0, 0.1) is 0 Å². The summed E-state index contributed by atoms with van der Waals surface area (Å²) in [5.41, 5.74) is 0. The fraction of sp³-hybridized carbons (Fsp3) is 0.455. The summed E-state index contributed by atoms with van der Waals surface area (Å²) < 4.78 is 38.8. The summed E-state index contributed by atoms with van der Waals surface area (Å²) >= 11 is 0. The zero-order valence-electron chi connectivity index (χ0n) is 10.7. The van der Waals surface area contributed by atoms with Crippen LogP contribution in [0.4, 0.5) is 0 Å². The summed E-state index contributed by atoms with van der Waals surface area (Å²) in [6.45, 7) is -0.502. The third-order valence-electron chi connectivity index (χ3n) is 2.17. The molecule has 2 N–H and O–H groups in total. The predicted octanol–water partition coefficient (Wildman–Crippen LogP) is -0.0843. The van der Waals surface area contributed by atoms with E-state index in [0.29, 0.717) is 11.5 Å². The molecule has 7 nitrogen and oxygen atoms in total. The topological polar surface area (TPSA) is 94.1 Å². The van der Waals surface area contributed by atoms with Crippen molar-refractivity contribution in [1.29, 1.82) is 0 Å². The van der Waals surface area contributed by atoms with Crippen LogP contribution in [-0.2, 0) is 14.5 Å². The Morgan fingerprint density at radius 1 is 1.26 bits per heavy atom. The molecule has 1 atom stereocenters. The highest BCUT2D eigenvalue weighted by Gasteiger charge is 2.13. The van der Waals surface area contributed by atoms with Gasteiger partial charge in [0.2, 0.25) is 0 Å². The average molecular weight is 291 g/mol. The van der Waals surface area contributed by atoms with Crippen molar-refractivity contribution in [3.8, 4) is 11.5 Å². The molecule has 0 aliphatic rings. The van der Waals surface area contributed by atoms with E-state index in [-0.39, 0.29) is 6.61 Å². The molecule has 0 aromatic heterocycles. The van der Waals surface area contributed by atoms with Gasteiger partial charge in [-0.25, -0.2) is 0 Å². The SMILES string of the molecule is CNS(=O)(=O)OCC(O)COc1ccccc1OC. The van der Waals surface area contributed by atoms with Crippen molar-refractivity contribution in [1.82, 2.24) is 4.72 Å². The lowest BCUT2D eigenvalue weighted by atomic mass is 10.3. The molecule has 1 rings (SSSR count). The van der Waals surface area contributed by atoms with E-state index in [1.54, 1.807) is 24.3 Å². The third-order valence-corrected chi connectivity index (χ3v) is 3.11. The van der Waals surface area contributed by atoms with Gasteiger partial charge in [0, 0.05) is 7.05 Å². The van der Waals surface area contributed by atoms with Gasteiger partial charge in [-0.2, -0.15) is 13.1 Å². The molecule has 19 heavy (non-hydrogen) atoms. The van der Waals surface area contributed by atoms with E-state index in [4.69, 9.17) is 9.47 Å². The maximum Gasteiger partial charge on any atom is 0.335 e. The molecule has 0 aliphatic carbocycles. The van der Waals surface area contributed by atoms with E-state index in [1.807, 2.05) is 4.72 Å². The van der Waals surface area contributed by atoms with Crippen LogP contribution in [0.1, 0.15) is 0 Å². The normalized spacial score (nSPS) is 13.0. The van der Waals surface area contributed by atoms with Gasteiger partial charge >= 0.3 is 10.3 Å². The molecule has 108 valence electrons. The Hall–Kier alpha value is -1.35. The Labute approximate surface area is 112 Å². The number of aliphatic hydroxyl groups is 1. The van der Waals surface area contributed by atoms with Crippen LogP contribution in [0.3, 0.4) is 0 Å². The molecule has 0 heterocycles. The van der Waals surface area contributed by atoms with Crippen LogP contribution < -0.4 is 14.2 Å². The lowest BCUT2D eigenvalue weighted by Crippen LogP contribution is -2.29. The van der Waals surface area contributed by atoms with Crippen molar-refractivity contribution in [2.45, 2.75) is 6.10 Å². The van der Waals surface area contributed by atoms with Crippen molar-refractivity contribution in [3.05, 3.63) is 24.3 Å². The minimum atomic E-state index is -3.80. The van der Waals surface area contributed by atoms with Crippen LogP contribution in [-0.4, -0.2) is 47.0 Å². The first kappa shape index (κ1) is 15.7. The first-order valence-electron chi connectivity index (χ1n) is 5.50. The Kier molecular flexibility index (Phi) is 6.03. The molecule has 1 aromatic rings. The quantitative estimate of drug-likeness (QED) is 0.695. The molecule has 0 radical (unpaired) electrons. The smallest absolute Gasteiger partial charge is 0.335 e. The molecule has 0 amide bonds. The second-order valence-corrected chi connectivity index (χ2v) is 5.11. The lowest BCUT2D eigenvalue weighted by molar-refractivity contribution is 0.0633. The Morgan fingerprint density at radius 3 is 2.47 bits per heavy atom. The zero-order chi connectivity index (χ0) is 14.3. The van der Waals surface area contributed by atoms with Crippen molar-refractivity contribution in [3.63, 3.8) is 0 Å². The summed E-state index contributed by atoms with van der Waals surface area (Å²) in [6, 6.07) is 6.93. The summed E-state index contributed by atoms with van der Waals surface area (Å²) in [7, 11) is -1.08. The fourth-order valence-electron chi connectivity index (χ4n) is 1.20. The molecule has 0 saturated carbocycles. The van der Waals surface area contributed by atoms with Gasteiger partial charge in [-0.15, -0.1) is 0 Å². The van der Waals surface area contributed by atoms with E-state index in [9.17, 15) is 13.5 Å². The van der Waals surface area contributed by atoms with Gasteiger partial charge in [-0.1, -0.05) is 12.1 Å². The van der Waals surface area contributed by atoms with Crippen molar-refractivity contribution < 1.29 is 27.2 Å². The Morgan fingerprint density at radius 2 is 1.89 bits per heavy atom. The number of methoxy groups -OCH3 is 1. The fourth-order valence-corrected chi connectivity index (χ4v) is 1.65. The number of hydrogen-bond acceptors (Lipinski definition) is 6. The molecule has 0 bridgehead atoms. The standard InChI is InChI=1S/C11H17NO6S/c1-12-19(14,15)18-8-9(13)7-17-11-6-4-3-5-10(11)16-2/h3-6,9,12-13H,7-8H2,1-2H3. The van der Waals surface area contributed by atoms with Gasteiger partial charge in [0.25, 0.3) is 0 Å². The summed E-state index contributed by atoms with van der Waals surface area (Å²) in [4.78, 5) is 0. The number of ether oxygens (including phenoxy) is 2. The maximum absolute atomic E-state index is 11.0. The van der Waals surface area contributed by atoms with E-state index in [1.165, 1.54) is 14.2 Å². The highest BCUT2D eigenvalue weighted by molar-refractivity contribution is 7.84. The molecule has 0 spiro atoms. The number of benzene rings is 1. The predicted molar refractivity (Wildman–Crippen MR) is 68.4 cm³/mol. The van der Waals surface area contributed by atoms with Gasteiger partial charge in [-0.05, 0) is 12.1 Å². The third kappa shape index (κ3) is 5.43. The van der Waals surface area contributed by atoms with E-state index >= 15 is 0 Å². The second-order valence-electron chi connectivity index (χ2n) is 3.56. The molecular weight excluding hydrogens is 274 g/mol. The van der Waals surface area contributed by atoms with Crippen LogP contribution >= 0.6 is 0 Å². The van der Waals surface area contributed by atoms with Gasteiger partial charge in [0.15, 0.2) is 11.5 Å². The van der Waals surface area contributed by atoms with Gasteiger partial charge in [0.1, 0.15) is 12.7 Å². The lowest BCUT2D eigenvalue weighted by Gasteiger charge is -2.14. The highest BCUT2D eigenvalue weighted by atomic mass is 32.2. The molecule has 0 aliphatic heterocycles. The van der Waals surface area contributed by atoms with Gasteiger partial charge in [0.05, 0.1) is 13.7 Å². The zero-order valence-corrected chi connectivity index (χ0v) is 11.5. The summed E-state index contributed by atoms with van der Waals surface area (Å²) in [5.74, 6) is 0.985. The number of para-hydroxylation sites is 2. The molecule has 8 heteroatoms. The van der Waals surface area contributed by atoms with E-state index in [2.05, 4.69) is 4.18 Å². The monoisotopic (exact) mass is 291 g/mol. The van der Waals surface area contributed by atoms with Crippen molar-refractivity contribution >= 4 is 10.3 Å². The number of nitrogens with one attached hydrogen (secondary N) is 1. The van der Waals surface area contributed by atoms with Gasteiger partial charge in [-0.3, -0.25) is 4.18 Å². The first-order chi connectivity index (χ1) is 8.98. The Balaban J connectivity index is 2.44. The largest absolute Gasteiger partial charge is 0.493 e. The maximum atomic E-state index is 11.0.